The van der Waals surface area contributed by atoms with Crippen molar-refractivity contribution in [2.24, 2.45) is 0 Å². The highest BCUT2D eigenvalue weighted by Crippen LogP contribution is 2.15. The summed E-state index contributed by atoms with van der Waals surface area (Å²) in [4.78, 5) is 12.0. The lowest BCUT2D eigenvalue weighted by Crippen LogP contribution is -2.04. The van der Waals surface area contributed by atoms with Crippen LogP contribution in [0.3, 0.4) is 0 Å². The number of ketones is 1. The Labute approximate surface area is 130 Å². The molecule has 0 aliphatic carbocycles. The van der Waals surface area contributed by atoms with Crippen LogP contribution in [0.2, 0.25) is 0 Å². The minimum Gasteiger partial charge on any atom is -0.300 e. The van der Waals surface area contributed by atoms with Crippen LogP contribution >= 0.6 is 0 Å². The smallest absolute Gasteiger partial charge is 0.133 e. The molecule has 0 fully saturated rings. The van der Waals surface area contributed by atoms with E-state index in [1.165, 1.54) is 24.3 Å². The maximum Gasteiger partial charge on any atom is 0.133 e. The fourth-order valence-corrected chi connectivity index (χ4v) is 2.49. The van der Waals surface area contributed by atoms with Gasteiger partial charge >= 0.3 is 0 Å². The highest BCUT2D eigenvalue weighted by Gasteiger charge is 2.08. The minimum absolute atomic E-state index is 0.118. The quantitative estimate of drug-likeness (QED) is 0.755. The van der Waals surface area contributed by atoms with Crippen LogP contribution in [0.15, 0.2) is 36.4 Å². The number of aryl methyl sites for hydroxylation is 4. The first-order valence-electron chi connectivity index (χ1n) is 7.47. The van der Waals surface area contributed by atoms with Gasteiger partial charge in [0.1, 0.15) is 17.4 Å². The van der Waals surface area contributed by atoms with Crippen molar-refractivity contribution in [3.05, 3.63) is 70.3 Å². The van der Waals surface area contributed by atoms with E-state index in [9.17, 15) is 13.6 Å². The highest BCUT2D eigenvalue weighted by atomic mass is 19.1. The summed E-state index contributed by atoms with van der Waals surface area (Å²) in [5, 5.41) is 0. The Morgan fingerprint density at radius 3 is 1.64 bits per heavy atom. The van der Waals surface area contributed by atoms with Crippen molar-refractivity contribution in [1.29, 1.82) is 0 Å². The van der Waals surface area contributed by atoms with Gasteiger partial charge in [-0.2, -0.15) is 0 Å². The first-order chi connectivity index (χ1) is 10.5. The van der Waals surface area contributed by atoms with Crippen LogP contribution in [0.5, 0.6) is 0 Å². The van der Waals surface area contributed by atoms with E-state index in [1.807, 2.05) is 13.8 Å². The largest absolute Gasteiger partial charge is 0.300 e. The first-order valence-corrected chi connectivity index (χ1v) is 7.47. The van der Waals surface area contributed by atoms with Crippen molar-refractivity contribution < 1.29 is 13.6 Å². The van der Waals surface area contributed by atoms with Gasteiger partial charge in [-0.25, -0.2) is 8.78 Å². The van der Waals surface area contributed by atoms with Crippen molar-refractivity contribution in [2.75, 3.05) is 0 Å². The molecular weight excluding hydrogens is 282 g/mol. The molecule has 0 aliphatic rings. The predicted octanol–water partition coefficient (Wildman–Crippen LogP) is 4.72. The van der Waals surface area contributed by atoms with Crippen LogP contribution in [0.4, 0.5) is 8.78 Å². The monoisotopic (exact) mass is 302 g/mol. The molecule has 0 radical (unpaired) electrons. The molecule has 116 valence electrons. The van der Waals surface area contributed by atoms with Crippen molar-refractivity contribution in [3.63, 3.8) is 0 Å². The molecule has 0 atom stereocenters. The van der Waals surface area contributed by atoms with Gasteiger partial charge in [0, 0.05) is 12.8 Å². The van der Waals surface area contributed by atoms with E-state index < -0.39 is 0 Å². The Kier molecular flexibility index (Phi) is 5.42. The van der Waals surface area contributed by atoms with Gasteiger partial charge in [0.25, 0.3) is 0 Å². The average Bonchev–Trinajstić information content (AvgIpc) is 2.49. The molecule has 2 aromatic rings. The SMILES string of the molecule is Cc1ccc(F)cc1CCC(=O)CCc1cc(F)ccc1C. The summed E-state index contributed by atoms with van der Waals surface area (Å²) < 4.78 is 26.4. The van der Waals surface area contributed by atoms with Crippen molar-refractivity contribution >= 4 is 5.78 Å². The van der Waals surface area contributed by atoms with E-state index >= 15 is 0 Å². The summed E-state index contributed by atoms with van der Waals surface area (Å²) in [7, 11) is 0. The second kappa shape index (κ2) is 7.30. The van der Waals surface area contributed by atoms with E-state index in [4.69, 9.17) is 0 Å². The number of Topliss-reactive ketones (excluding diaryl/α,β-unsaturated/α-hetero) is 1. The van der Waals surface area contributed by atoms with Gasteiger partial charge in [-0.1, -0.05) is 12.1 Å². The van der Waals surface area contributed by atoms with Crippen LogP contribution in [0.25, 0.3) is 0 Å². The van der Waals surface area contributed by atoms with Crippen LogP contribution in [-0.2, 0) is 17.6 Å². The zero-order chi connectivity index (χ0) is 16.1. The van der Waals surface area contributed by atoms with Crippen LogP contribution < -0.4 is 0 Å². The van der Waals surface area contributed by atoms with Crippen molar-refractivity contribution in [3.8, 4) is 0 Å². The molecule has 0 heterocycles. The molecule has 0 saturated carbocycles. The van der Waals surface area contributed by atoms with Gasteiger partial charge in [0.05, 0.1) is 0 Å². The summed E-state index contributed by atoms with van der Waals surface area (Å²) in [5.41, 5.74) is 3.73. The van der Waals surface area contributed by atoms with E-state index in [1.54, 1.807) is 12.1 Å². The fourth-order valence-electron chi connectivity index (χ4n) is 2.49. The molecule has 0 unspecified atom stereocenters. The zero-order valence-electron chi connectivity index (χ0n) is 13.0. The first kappa shape index (κ1) is 16.3. The number of benzene rings is 2. The standard InChI is InChI=1S/C19H20F2O/c1-13-3-7-17(20)11-15(13)5-9-19(22)10-6-16-12-18(21)8-4-14(16)2/h3-4,7-8,11-12H,5-6,9-10H2,1-2H3. The summed E-state index contributed by atoms with van der Waals surface area (Å²) in [6.07, 6.45) is 1.87. The maximum atomic E-state index is 13.2. The van der Waals surface area contributed by atoms with Crippen LogP contribution in [-0.4, -0.2) is 5.78 Å². The Morgan fingerprint density at radius 2 is 1.23 bits per heavy atom. The Balaban J connectivity index is 1.88. The molecule has 2 rings (SSSR count). The molecule has 1 nitrogen and oxygen atoms in total. The number of halogens is 2. The summed E-state index contributed by atoms with van der Waals surface area (Å²) in [5.74, 6) is -0.431. The van der Waals surface area contributed by atoms with Gasteiger partial charge in [0.2, 0.25) is 0 Å². The highest BCUT2D eigenvalue weighted by molar-refractivity contribution is 5.79. The topological polar surface area (TPSA) is 17.1 Å². The second-order valence-electron chi connectivity index (χ2n) is 5.68. The molecule has 22 heavy (non-hydrogen) atoms. The normalized spacial score (nSPS) is 10.7. The van der Waals surface area contributed by atoms with Gasteiger partial charge in [-0.15, -0.1) is 0 Å². The number of carbonyl (C=O) groups is 1. The molecular formula is C19H20F2O. The number of hydrogen-bond donors (Lipinski definition) is 0. The Hall–Kier alpha value is -2.03. The predicted molar refractivity (Wildman–Crippen MR) is 83.9 cm³/mol. The summed E-state index contributed by atoms with van der Waals surface area (Å²) in [6, 6.07) is 9.27. The third-order valence-corrected chi connectivity index (χ3v) is 3.97. The molecule has 3 heteroatoms. The van der Waals surface area contributed by atoms with Crippen molar-refractivity contribution in [1.82, 2.24) is 0 Å². The van der Waals surface area contributed by atoms with Gasteiger partial charge in [-0.3, -0.25) is 4.79 Å². The van der Waals surface area contributed by atoms with Crippen LogP contribution in [0.1, 0.15) is 35.1 Å². The lowest BCUT2D eigenvalue weighted by atomic mass is 9.98. The van der Waals surface area contributed by atoms with E-state index in [0.717, 1.165) is 22.3 Å². The molecule has 0 aromatic heterocycles. The van der Waals surface area contributed by atoms with Crippen LogP contribution in [0, 0.1) is 25.5 Å². The van der Waals surface area contributed by atoms with E-state index in [0.29, 0.717) is 25.7 Å². The fraction of sp³-hybridized carbons (Fsp3) is 0.316. The molecule has 0 bridgehead atoms. The van der Waals surface area contributed by atoms with E-state index in [2.05, 4.69) is 0 Å². The van der Waals surface area contributed by atoms with E-state index in [-0.39, 0.29) is 17.4 Å². The third-order valence-electron chi connectivity index (χ3n) is 3.97. The van der Waals surface area contributed by atoms with Gasteiger partial charge in [-0.05, 0) is 73.2 Å². The molecule has 0 N–H and O–H groups in total. The second-order valence-corrected chi connectivity index (χ2v) is 5.68. The van der Waals surface area contributed by atoms with Gasteiger partial charge in [0.15, 0.2) is 0 Å². The van der Waals surface area contributed by atoms with Crippen molar-refractivity contribution in [2.45, 2.75) is 39.5 Å². The average molecular weight is 302 g/mol. The number of carbonyl (C=O) groups excluding carboxylic acids is 1. The minimum atomic E-state index is -0.275. The molecule has 0 amide bonds. The Bertz CT molecular complexity index is 620. The third kappa shape index (κ3) is 4.48. The molecule has 2 aromatic carbocycles. The number of hydrogen-bond acceptors (Lipinski definition) is 1. The molecule has 0 spiro atoms. The molecule has 0 aliphatic heterocycles. The zero-order valence-corrected chi connectivity index (χ0v) is 13.0. The summed E-state index contributed by atoms with van der Waals surface area (Å²) in [6.45, 7) is 3.82. The maximum absolute atomic E-state index is 13.2. The lowest BCUT2D eigenvalue weighted by molar-refractivity contribution is -0.119. The molecule has 0 saturated heterocycles. The lowest BCUT2D eigenvalue weighted by Gasteiger charge is -2.07. The van der Waals surface area contributed by atoms with Gasteiger partial charge < -0.3 is 0 Å². The number of rotatable bonds is 6. The summed E-state index contributed by atoms with van der Waals surface area (Å²) >= 11 is 0. The Morgan fingerprint density at radius 1 is 0.818 bits per heavy atom.